The van der Waals surface area contributed by atoms with Gasteiger partial charge < -0.3 is 5.32 Å². The fraction of sp³-hybridized carbons (Fsp3) is 0.389. The molecule has 2 unspecified atom stereocenters. The summed E-state index contributed by atoms with van der Waals surface area (Å²) < 4.78 is 0. The monoisotopic (exact) mass is 264 g/mol. The second-order valence-electron chi connectivity index (χ2n) is 5.93. The Bertz CT molecular complexity index is 648. The highest BCUT2D eigenvalue weighted by Gasteiger charge is 2.30. The Kier molecular flexibility index (Phi) is 2.85. The summed E-state index contributed by atoms with van der Waals surface area (Å²) in [7, 11) is 2.07. The normalized spacial score (nSPS) is 23.6. The third-order valence-electron chi connectivity index (χ3n) is 4.99. The van der Waals surface area contributed by atoms with Gasteiger partial charge >= 0.3 is 0 Å². The van der Waals surface area contributed by atoms with Crippen molar-refractivity contribution in [3.05, 3.63) is 64.5 Å². The van der Waals surface area contributed by atoms with Crippen molar-refractivity contribution in [3.63, 3.8) is 0 Å². The highest BCUT2D eigenvalue weighted by Crippen LogP contribution is 2.42. The zero-order valence-corrected chi connectivity index (χ0v) is 11.9. The van der Waals surface area contributed by atoms with E-state index in [4.69, 9.17) is 0 Å². The molecule has 2 aliphatic rings. The van der Waals surface area contributed by atoms with E-state index in [0.29, 0.717) is 12.0 Å². The molecule has 2 nitrogen and oxygen atoms in total. The highest BCUT2D eigenvalue weighted by atomic mass is 14.9. The SMILES string of the molecule is CNC1CCc2c1cccc2C1CCc2cccnc21. The fourth-order valence-corrected chi connectivity index (χ4v) is 4.02. The van der Waals surface area contributed by atoms with E-state index >= 15 is 0 Å². The number of nitrogens with one attached hydrogen (secondary N) is 1. The van der Waals surface area contributed by atoms with Crippen LogP contribution in [0.5, 0.6) is 0 Å². The predicted molar refractivity (Wildman–Crippen MR) is 81.0 cm³/mol. The van der Waals surface area contributed by atoms with Gasteiger partial charge in [-0.25, -0.2) is 0 Å². The summed E-state index contributed by atoms with van der Waals surface area (Å²) in [5.41, 5.74) is 7.37. The van der Waals surface area contributed by atoms with Crippen LogP contribution in [-0.2, 0) is 12.8 Å². The number of pyridine rings is 1. The zero-order valence-electron chi connectivity index (χ0n) is 11.9. The number of rotatable bonds is 2. The third kappa shape index (κ3) is 1.71. The summed E-state index contributed by atoms with van der Waals surface area (Å²) in [6, 6.07) is 11.7. The van der Waals surface area contributed by atoms with Crippen molar-refractivity contribution in [1.29, 1.82) is 0 Å². The van der Waals surface area contributed by atoms with Crippen molar-refractivity contribution < 1.29 is 0 Å². The summed E-state index contributed by atoms with van der Waals surface area (Å²) in [6.45, 7) is 0. The minimum Gasteiger partial charge on any atom is -0.313 e. The molecule has 20 heavy (non-hydrogen) atoms. The molecule has 1 heterocycles. The van der Waals surface area contributed by atoms with Crippen LogP contribution in [0.3, 0.4) is 0 Å². The largest absolute Gasteiger partial charge is 0.313 e. The summed E-state index contributed by atoms with van der Waals surface area (Å²) in [6.07, 6.45) is 6.76. The van der Waals surface area contributed by atoms with Gasteiger partial charge in [0.15, 0.2) is 0 Å². The Morgan fingerprint density at radius 3 is 2.85 bits per heavy atom. The minimum atomic E-state index is 0.511. The van der Waals surface area contributed by atoms with Crippen molar-refractivity contribution in [1.82, 2.24) is 10.3 Å². The first-order valence-corrected chi connectivity index (χ1v) is 7.61. The van der Waals surface area contributed by atoms with E-state index in [1.807, 2.05) is 6.20 Å². The maximum atomic E-state index is 4.67. The lowest BCUT2D eigenvalue weighted by Crippen LogP contribution is -2.13. The van der Waals surface area contributed by atoms with Gasteiger partial charge in [-0.3, -0.25) is 4.98 Å². The number of fused-ring (bicyclic) bond motifs is 2. The number of aryl methyl sites for hydroxylation is 1. The molecule has 2 heteroatoms. The van der Waals surface area contributed by atoms with Crippen LogP contribution in [0.4, 0.5) is 0 Å². The van der Waals surface area contributed by atoms with Crippen molar-refractivity contribution >= 4 is 0 Å². The van der Waals surface area contributed by atoms with Gasteiger partial charge in [0.25, 0.3) is 0 Å². The quantitative estimate of drug-likeness (QED) is 0.899. The van der Waals surface area contributed by atoms with Crippen LogP contribution in [0.1, 0.15) is 52.7 Å². The van der Waals surface area contributed by atoms with Crippen molar-refractivity contribution in [2.45, 2.75) is 37.6 Å². The molecule has 0 aliphatic heterocycles. The van der Waals surface area contributed by atoms with E-state index < -0.39 is 0 Å². The van der Waals surface area contributed by atoms with E-state index in [0.717, 1.165) is 0 Å². The van der Waals surface area contributed by atoms with Gasteiger partial charge in [0, 0.05) is 18.2 Å². The minimum absolute atomic E-state index is 0.511. The van der Waals surface area contributed by atoms with Gasteiger partial charge in [0.1, 0.15) is 0 Å². The molecule has 1 aromatic heterocycles. The first-order valence-electron chi connectivity index (χ1n) is 7.61. The lowest BCUT2D eigenvalue weighted by atomic mass is 9.90. The Morgan fingerprint density at radius 1 is 1.05 bits per heavy atom. The fourth-order valence-electron chi connectivity index (χ4n) is 4.02. The second kappa shape index (κ2) is 4.71. The summed E-state index contributed by atoms with van der Waals surface area (Å²) in [5, 5.41) is 3.44. The molecule has 4 rings (SSSR count). The molecule has 2 aromatic rings. The molecule has 0 fully saturated rings. The van der Waals surface area contributed by atoms with E-state index in [1.165, 1.54) is 48.1 Å². The van der Waals surface area contributed by atoms with Crippen molar-refractivity contribution in [3.8, 4) is 0 Å². The first-order chi connectivity index (χ1) is 9.88. The van der Waals surface area contributed by atoms with Crippen LogP contribution in [0.2, 0.25) is 0 Å². The first kappa shape index (κ1) is 12.1. The van der Waals surface area contributed by atoms with E-state index in [-0.39, 0.29) is 0 Å². The molecule has 0 bridgehead atoms. The van der Waals surface area contributed by atoms with Crippen LogP contribution in [0.25, 0.3) is 0 Å². The maximum absolute atomic E-state index is 4.67. The molecule has 0 radical (unpaired) electrons. The molecule has 0 saturated heterocycles. The molecular formula is C18H20N2. The van der Waals surface area contributed by atoms with Gasteiger partial charge in [-0.15, -0.1) is 0 Å². The lowest BCUT2D eigenvalue weighted by molar-refractivity contribution is 0.590. The summed E-state index contributed by atoms with van der Waals surface area (Å²) in [4.78, 5) is 4.67. The standard InChI is InChI=1S/C18H20N2/c1-19-17-10-9-14-13(5-2-6-15(14)17)16-8-7-12-4-3-11-20-18(12)16/h2-6,11,16-17,19H,7-10H2,1H3. The predicted octanol–water partition coefficient (Wildman–Crippen LogP) is 3.37. The highest BCUT2D eigenvalue weighted by molar-refractivity contribution is 5.47. The number of benzene rings is 1. The van der Waals surface area contributed by atoms with Crippen molar-refractivity contribution in [2.75, 3.05) is 7.05 Å². The Hall–Kier alpha value is -1.67. The van der Waals surface area contributed by atoms with Crippen LogP contribution in [-0.4, -0.2) is 12.0 Å². The molecule has 2 aliphatic carbocycles. The number of nitrogens with zero attached hydrogens (tertiary/aromatic N) is 1. The van der Waals surface area contributed by atoms with Gasteiger partial charge in [-0.05, 0) is 61.1 Å². The molecule has 102 valence electrons. The van der Waals surface area contributed by atoms with E-state index in [2.05, 4.69) is 47.7 Å². The Morgan fingerprint density at radius 2 is 1.95 bits per heavy atom. The van der Waals surface area contributed by atoms with Crippen LogP contribution < -0.4 is 5.32 Å². The molecule has 1 aromatic carbocycles. The van der Waals surface area contributed by atoms with Gasteiger partial charge in [0.05, 0.1) is 5.69 Å². The van der Waals surface area contributed by atoms with Crippen molar-refractivity contribution in [2.24, 2.45) is 0 Å². The second-order valence-corrected chi connectivity index (χ2v) is 5.93. The average Bonchev–Trinajstić information content (AvgIpc) is 3.10. The van der Waals surface area contributed by atoms with Gasteiger partial charge in [-0.2, -0.15) is 0 Å². The van der Waals surface area contributed by atoms with E-state index in [9.17, 15) is 0 Å². The van der Waals surface area contributed by atoms with Crippen LogP contribution in [0.15, 0.2) is 36.5 Å². The topological polar surface area (TPSA) is 24.9 Å². The van der Waals surface area contributed by atoms with E-state index in [1.54, 1.807) is 5.56 Å². The number of hydrogen-bond acceptors (Lipinski definition) is 2. The molecule has 0 saturated carbocycles. The zero-order chi connectivity index (χ0) is 13.5. The van der Waals surface area contributed by atoms with Gasteiger partial charge in [-0.1, -0.05) is 24.3 Å². The number of aromatic nitrogens is 1. The Labute approximate surface area is 120 Å². The maximum Gasteiger partial charge on any atom is 0.0510 e. The summed E-state index contributed by atoms with van der Waals surface area (Å²) in [5.74, 6) is 0.511. The van der Waals surface area contributed by atoms with Crippen LogP contribution in [0, 0.1) is 0 Å². The average molecular weight is 264 g/mol. The molecule has 2 atom stereocenters. The smallest absolute Gasteiger partial charge is 0.0510 e. The number of hydrogen-bond donors (Lipinski definition) is 1. The Balaban J connectivity index is 1.80. The van der Waals surface area contributed by atoms with Crippen LogP contribution >= 0.6 is 0 Å². The molecule has 0 spiro atoms. The van der Waals surface area contributed by atoms with Gasteiger partial charge in [0.2, 0.25) is 0 Å². The lowest BCUT2D eigenvalue weighted by Gasteiger charge is -2.17. The molecule has 1 N–H and O–H groups in total. The third-order valence-corrected chi connectivity index (χ3v) is 4.99. The molecule has 0 amide bonds. The molecular weight excluding hydrogens is 244 g/mol. The summed E-state index contributed by atoms with van der Waals surface area (Å²) >= 11 is 0.